The zero-order valence-electron chi connectivity index (χ0n) is 16.4. The molecule has 0 atom stereocenters. The van der Waals surface area contributed by atoms with Gasteiger partial charge in [0.2, 0.25) is 5.91 Å². The lowest BCUT2D eigenvalue weighted by Gasteiger charge is -2.31. The first-order chi connectivity index (χ1) is 12.5. The van der Waals surface area contributed by atoms with Crippen LogP contribution in [0, 0.1) is 16.7 Å². The number of nitriles is 1. The molecule has 0 bridgehead atoms. The van der Waals surface area contributed by atoms with E-state index in [1.165, 1.54) is 0 Å². The number of benzene rings is 1. The van der Waals surface area contributed by atoms with Crippen LogP contribution >= 0.6 is 24.0 Å². The smallest absolute Gasteiger partial charge is 0.230 e. The largest absolute Gasteiger partial charge is 0.357 e. The van der Waals surface area contributed by atoms with Gasteiger partial charge in [-0.15, -0.1) is 24.0 Å². The first kappa shape index (κ1) is 23.2. The number of halogens is 1. The molecule has 1 fully saturated rings. The molecule has 0 aromatic heterocycles. The van der Waals surface area contributed by atoms with Crippen molar-refractivity contribution in [1.82, 2.24) is 15.5 Å². The molecule has 1 aromatic rings. The standard InChI is InChI=1S/C20H29N5O.HI/c1-4-22-19(23-14-17-9-7-8-16(12-17)13-21)24-15-20(10-5-6-11-20)18(26)25(2)3;/h7-9,12H,4-6,10-11,14-15H2,1-3H3,(H2,22,23,24);1H. The van der Waals surface area contributed by atoms with Gasteiger partial charge in [0.15, 0.2) is 5.96 Å². The van der Waals surface area contributed by atoms with Crippen molar-refractivity contribution in [2.45, 2.75) is 39.2 Å². The van der Waals surface area contributed by atoms with E-state index in [-0.39, 0.29) is 35.3 Å². The van der Waals surface area contributed by atoms with Gasteiger partial charge in [-0.1, -0.05) is 25.0 Å². The van der Waals surface area contributed by atoms with E-state index < -0.39 is 0 Å². The summed E-state index contributed by atoms with van der Waals surface area (Å²) in [4.78, 5) is 19.0. The van der Waals surface area contributed by atoms with Crippen LogP contribution in [0.2, 0.25) is 0 Å². The van der Waals surface area contributed by atoms with E-state index in [0.717, 1.165) is 37.8 Å². The lowest BCUT2D eigenvalue weighted by atomic mass is 9.84. The van der Waals surface area contributed by atoms with Gasteiger partial charge in [0, 0.05) is 27.2 Å². The second-order valence-electron chi connectivity index (χ2n) is 7.05. The van der Waals surface area contributed by atoms with Gasteiger partial charge in [0.05, 0.1) is 23.6 Å². The van der Waals surface area contributed by atoms with Crippen LogP contribution in [0.15, 0.2) is 29.3 Å². The highest BCUT2D eigenvalue weighted by molar-refractivity contribution is 14.0. The Balaban J connectivity index is 0.00000364. The number of nitrogens with one attached hydrogen (secondary N) is 2. The van der Waals surface area contributed by atoms with Crippen molar-refractivity contribution >= 4 is 35.8 Å². The van der Waals surface area contributed by atoms with Crippen LogP contribution in [0.4, 0.5) is 0 Å². The highest BCUT2D eigenvalue weighted by Gasteiger charge is 2.42. The van der Waals surface area contributed by atoms with Gasteiger partial charge >= 0.3 is 0 Å². The molecule has 0 heterocycles. The summed E-state index contributed by atoms with van der Waals surface area (Å²) < 4.78 is 0. The highest BCUT2D eigenvalue weighted by atomic mass is 127. The van der Waals surface area contributed by atoms with Crippen LogP contribution in [0.25, 0.3) is 0 Å². The Bertz CT molecular complexity index is 690. The summed E-state index contributed by atoms with van der Waals surface area (Å²) in [7, 11) is 3.65. The van der Waals surface area contributed by atoms with E-state index in [2.05, 4.69) is 21.7 Å². The molecule has 0 radical (unpaired) electrons. The molecular formula is C20H30IN5O. The van der Waals surface area contributed by atoms with Crippen molar-refractivity contribution < 1.29 is 4.79 Å². The van der Waals surface area contributed by atoms with Crippen molar-refractivity contribution in [2.24, 2.45) is 10.4 Å². The summed E-state index contributed by atoms with van der Waals surface area (Å²) in [6.45, 7) is 3.84. The molecule has 1 aliphatic carbocycles. The molecule has 1 amide bonds. The van der Waals surface area contributed by atoms with E-state index in [9.17, 15) is 4.79 Å². The summed E-state index contributed by atoms with van der Waals surface area (Å²) in [6.07, 6.45) is 4.02. The molecule has 148 valence electrons. The maximum atomic E-state index is 12.7. The number of rotatable bonds is 6. The molecule has 7 heteroatoms. The summed E-state index contributed by atoms with van der Waals surface area (Å²) in [5.74, 6) is 0.896. The van der Waals surface area contributed by atoms with E-state index in [0.29, 0.717) is 24.6 Å². The van der Waals surface area contributed by atoms with Crippen LogP contribution in [0.5, 0.6) is 0 Å². The van der Waals surface area contributed by atoms with E-state index in [1.54, 1.807) is 11.0 Å². The molecule has 1 aromatic carbocycles. The van der Waals surface area contributed by atoms with Crippen molar-refractivity contribution in [3.05, 3.63) is 35.4 Å². The Morgan fingerprint density at radius 1 is 1.30 bits per heavy atom. The van der Waals surface area contributed by atoms with Crippen molar-refractivity contribution in [2.75, 3.05) is 27.2 Å². The molecule has 1 saturated carbocycles. The zero-order chi connectivity index (χ0) is 19.0. The molecule has 0 spiro atoms. The summed E-state index contributed by atoms with van der Waals surface area (Å²) in [5.41, 5.74) is 1.29. The number of nitrogens with zero attached hydrogens (tertiary/aromatic N) is 3. The van der Waals surface area contributed by atoms with Crippen LogP contribution in [0.3, 0.4) is 0 Å². The lowest BCUT2D eigenvalue weighted by molar-refractivity contribution is -0.138. The molecule has 6 nitrogen and oxygen atoms in total. The Morgan fingerprint density at radius 2 is 2.00 bits per heavy atom. The summed E-state index contributed by atoms with van der Waals surface area (Å²) >= 11 is 0. The van der Waals surface area contributed by atoms with Gasteiger partial charge in [-0.3, -0.25) is 4.79 Å². The van der Waals surface area contributed by atoms with Crippen LogP contribution < -0.4 is 10.6 Å². The third kappa shape index (κ3) is 6.38. The van der Waals surface area contributed by atoms with Gasteiger partial charge in [-0.2, -0.15) is 5.26 Å². The van der Waals surface area contributed by atoms with Crippen molar-refractivity contribution in [3.8, 4) is 6.07 Å². The Labute approximate surface area is 179 Å². The number of amides is 1. The topological polar surface area (TPSA) is 80.5 Å². The van der Waals surface area contributed by atoms with E-state index in [1.807, 2.05) is 39.2 Å². The molecule has 27 heavy (non-hydrogen) atoms. The third-order valence-corrected chi connectivity index (χ3v) is 4.83. The molecule has 2 N–H and O–H groups in total. The highest BCUT2D eigenvalue weighted by Crippen LogP contribution is 2.38. The number of hydrogen-bond acceptors (Lipinski definition) is 3. The van der Waals surface area contributed by atoms with Crippen molar-refractivity contribution in [3.63, 3.8) is 0 Å². The number of aliphatic imine (C=N–C) groups is 1. The molecule has 1 aliphatic rings. The number of hydrogen-bond donors (Lipinski definition) is 2. The fourth-order valence-corrected chi connectivity index (χ4v) is 3.50. The molecular weight excluding hydrogens is 453 g/mol. The first-order valence-electron chi connectivity index (χ1n) is 9.24. The SMILES string of the molecule is CCNC(=NCc1cccc(C#N)c1)NCC1(C(=O)N(C)C)CCCC1.I. The first-order valence-corrected chi connectivity index (χ1v) is 9.24. The van der Waals surface area contributed by atoms with Gasteiger partial charge in [-0.25, -0.2) is 4.99 Å². The molecule has 2 rings (SSSR count). The maximum absolute atomic E-state index is 12.7. The number of guanidine groups is 1. The van der Waals surface area contributed by atoms with E-state index >= 15 is 0 Å². The lowest BCUT2D eigenvalue weighted by Crippen LogP contribution is -2.49. The van der Waals surface area contributed by atoms with Crippen LogP contribution in [0.1, 0.15) is 43.7 Å². The molecule has 0 saturated heterocycles. The van der Waals surface area contributed by atoms with Crippen molar-refractivity contribution in [1.29, 1.82) is 5.26 Å². The maximum Gasteiger partial charge on any atom is 0.230 e. The van der Waals surface area contributed by atoms with Crippen LogP contribution in [-0.4, -0.2) is 44.0 Å². The molecule has 0 aliphatic heterocycles. The van der Waals surface area contributed by atoms with Gasteiger partial charge in [-0.05, 0) is 37.5 Å². The molecule has 0 unspecified atom stereocenters. The minimum atomic E-state index is -0.333. The summed E-state index contributed by atoms with van der Waals surface area (Å²) in [5, 5.41) is 15.6. The Hall–Kier alpha value is -1.82. The Kier molecular flexibility index (Phi) is 9.56. The predicted octanol–water partition coefficient (Wildman–Crippen LogP) is 2.88. The quantitative estimate of drug-likeness (QED) is 0.371. The summed E-state index contributed by atoms with van der Waals surface area (Å²) in [6, 6.07) is 9.61. The predicted molar refractivity (Wildman–Crippen MR) is 119 cm³/mol. The minimum Gasteiger partial charge on any atom is -0.357 e. The monoisotopic (exact) mass is 483 g/mol. The third-order valence-electron chi connectivity index (χ3n) is 4.83. The van der Waals surface area contributed by atoms with Gasteiger partial charge < -0.3 is 15.5 Å². The van der Waals surface area contributed by atoms with E-state index in [4.69, 9.17) is 5.26 Å². The average Bonchev–Trinajstić information content (AvgIpc) is 3.13. The second kappa shape index (κ2) is 11.1. The van der Waals surface area contributed by atoms with Gasteiger partial charge in [0.25, 0.3) is 0 Å². The Morgan fingerprint density at radius 3 is 2.59 bits per heavy atom. The zero-order valence-corrected chi connectivity index (χ0v) is 18.7. The normalized spacial score (nSPS) is 15.4. The van der Waals surface area contributed by atoms with Crippen LogP contribution in [-0.2, 0) is 11.3 Å². The fraction of sp³-hybridized carbons (Fsp3) is 0.550. The van der Waals surface area contributed by atoms with Gasteiger partial charge in [0.1, 0.15) is 0 Å². The minimum absolute atomic E-state index is 0. The second-order valence-corrected chi connectivity index (χ2v) is 7.05. The number of carbonyl (C=O) groups excluding carboxylic acids is 1. The fourth-order valence-electron chi connectivity index (χ4n) is 3.50. The number of carbonyl (C=O) groups is 1. The average molecular weight is 483 g/mol.